The van der Waals surface area contributed by atoms with E-state index in [-0.39, 0.29) is 5.56 Å². The zero-order chi connectivity index (χ0) is 10.4. The summed E-state index contributed by atoms with van der Waals surface area (Å²) in [5.41, 5.74) is 5.51. The van der Waals surface area contributed by atoms with Gasteiger partial charge in [-0.1, -0.05) is 0 Å². The van der Waals surface area contributed by atoms with Crippen molar-refractivity contribution < 1.29 is 9.90 Å². The van der Waals surface area contributed by atoms with Gasteiger partial charge in [0.2, 0.25) is 0 Å². The molecule has 0 bridgehead atoms. The van der Waals surface area contributed by atoms with E-state index in [1.54, 1.807) is 6.07 Å². The molecule has 0 aliphatic heterocycles. The molecule has 0 saturated carbocycles. The van der Waals surface area contributed by atoms with Crippen molar-refractivity contribution in [2.24, 2.45) is 5.73 Å². The summed E-state index contributed by atoms with van der Waals surface area (Å²) in [6.45, 7) is 1.37. The number of anilines is 1. The fourth-order valence-electron chi connectivity index (χ4n) is 0.943. The van der Waals surface area contributed by atoms with Gasteiger partial charge in [0.05, 0.1) is 5.56 Å². The van der Waals surface area contributed by atoms with Crippen LogP contribution in [0.4, 0.5) is 5.82 Å². The van der Waals surface area contributed by atoms with Crippen LogP contribution in [0.15, 0.2) is 18.3 Å². The quantitative estimate of drug-likeness (QED) is 0.597. The van der Waals surface area contributed by atoms with E-state index in [0.717, 1.165) is 13.0 Å². The molecule has 0 unspecified atom stereocenters. The predicted molar refractivity (Wildman–Crippen MR) is 53.4 cm³/mol. The average molecular weight is 195 g/mol. The standard InChI is InChI=1S/C9H13N3O2/c10-4-1-5-11-8-3-2-7(6-12-8)9(13)14/h2-3,6H,1,4-5,10H2,(H,11,12)(H,13,14). The van der Waals surface area contributed by atoms with E-state index in [2.05, 4.69) is 10.3 Å². The van der Waals surface area contributed by atoms with Gasteiger partial charge in [-0.05, 0) is 25.1 Å². The first kappa shape index (κ1) is 10.5. The van der Waals surface area contributed by atoms with E-state index in [1.807, 2.05) is 0 Å². The van der Waals surface area contributed by atoms with Crippen LogP contribution in [0.5, 0.6) is 0 Å². The highest BCUT2D eigenvalue weighted by Gasteiger charge is 2.01. The van der Waals surface area contributed by atoms with Crippen LogP contribution in [0.25, 0.3) is 0 Å². The maximum Gasteiger partial charge on any atom is 0.337 e. The van der Waals surface area contributed by atoms with Crippen LogP contribution in [-0.2, 0) is 0 Å². The molecule has 1 rings (SSSR count). The molecule has 0 saturated heterocycles. The lowest BCUT2D eigenvalue weighted by Gasteiger charge is -2.03. The summed E-state index contributed by atoms with van der Waals surface area (Å²) in [6, 6.07) is 3.15. The highest BCUT2D eigenvalue weighted by Crippen LogP contribution is 2.04. The van der Waals surface area contributed by atoms with Gasteiger partial charge in [0.15, 0.2) is 0 Å². The highest BCUT2D eigenvalue weighted by molar-refractivity contribution is 5.87. The van der Waals surface area contributed by atoms with Gasteiger partial charge >= 0.3 is 5.97 Å². The van der Waals surface area contributed by atoms with E-state index in [9.17, 15) is 4.79 Å². The number of aromatic carboxylic acids is 1. The van der Waals surface area contributed by atoms with Crippen molar-refractivity contribution in [3.63, 3.8) is 0 Å². The first-order valence-electron chi connectivity index (χ1n) is 4.37. The van der Waals surface area contributed by atoms with E-state index in [4.69, 9.17) is 10.8 Å². The van der Waals surface area contributed by atoms with Crippen LogP contribution in [0.3, 0.4) is 0 Å². The maximum absolute atomic E-state index is 10.5. The van der Waals surface area contributed by atoms with Crippen LogP contribution in [-0.4, -0.2) is 29.1 Å². The molecule has 14 heavy (non-hydrogen) atoms. The Balaban J connectivity index is 2.51. The van der Waals surface area contributed by atoms with Crippen molar-refractivity contribution in [1.82, 2.24) is 4.98 Å². The van der Waals surface area contributed by atoms with Crippen molar-refractivity contribution in [3.8, 4) is 0 Å². The fraction of sp³-hybridized carbons (Fsp3) is 0.333. The fourth-order valence-corrected chi connectivity index (χ4v) is 0.943. The summed E-state index contributed by atoms with van der Waals surface area (Å²) in [4.78, 5) is 14.4. The normalized spacial score (nSPS) is 9.79. The third-order valence-electron chi connectivity index (χ3n) is 1.70. The number of carboxylic acid groups (broad SMARTS) is 1. The number of nitrogens with two attached hydrogens (primary N) is 1. The molecule has 5 heteroatoms. The number of aromatic nitrogens is 1. The van der Waals surface area contributed by atoms with E-state index in [0.29, 0.717) is 12.4 Å². The lowest BCUT2D eigenvalue weighted by atomic mass is 10.3. The van der Waals surface area contributed by atoms with Crippen LogP contribution >= 0.6 is 0 Å². The van der Waals surface area contributed by atoms with Gasteiger partial charge in [-0.25, -0.2) is 9.78 Å². The minimum Gasteiger partial charge on any atom is -0.478 e. The van der Waals surface area contributed by atoms with Crippen molar-refractivity contribution in [2.75, 3.05) is 18.4 Å². The summed E-state index contributed by atoms with van der Waals surface area (Å²) in [5, 5.41) is 11.6. The Labute approximate surface area is 82.0 Å². The van der Waals surface area contributed by atoms with Crippen molar-refractivity contribution in [2.45, 2.75) is 6.42 Å². The minimum atomic E-state index is -0.967. The molecule has 0 aromatic carbocycles. The van der Waals surface area contributed by atoms with Gasteiger partial charge < -0.3 is 16.2 Å². The number of nitrogens with zero attached hydrogens (tertiary/aromatic N) is 1. The summed E-state index contributed by atoms with van der Waals surface area (Å²) in [7, 11) is 0. The Morgan fingerprint density at radius 2 is 2.36 bits per heavy atom. The van der Waals surface area contributed by atoms with Crippen LogP contribution in [0.1, 0.15) is 16.8 Å². The summed E-state index contributed by atoms with van der Waals surface area (Å²) in [5.74, 6) is -0.297. The molecule has 0 spiro atoms. The van der Waals surface area contributed by atoms with Crippen LogP contribution in [0.2, 0.25) is 0 Å². The average Bonchev–Trinajstić information content (AvgIpc) is 2.19. The second-order valence-corrected chi connectivity index (χ2v) is 2.81. The number of hydrogen-bond acceptors (Lipinski definition) is 4. The summed E-state index contributed by atoms with van der Waals surface area (Å²) >= 11 is 0. The molecule has 1 aromatic heterocycles. The SMILES string of the molecule is NCCCNc1ccc(C(=O)O)cn1. The number of carboxylic acids is 1. The zero-order valence-corrected chi connectivity index (χ0v) is 7.73. The molecule has 0 radical (unpaired) electrons. The molecular formula is C9H13N3O2. The third kappa shape index (κ3) is 3.02. The van der Waals surface area contributed by atoms with Gasteiger partial charge in [0.1, 0.15) is 5.82 Å². The Kier molecular flexibility index (Phi) is 3.87. The van der Waals surface area contributed by atoms with Gasteiger partial charge in [0.25, 0.3) is 0 Å². The Bertz CT molecular complexity index is 297. The molecule has 0 aliphatic carbocycles. The Hall–Kier alpha value is -1.62. The lowest BCUT2D eigenvalue weighted by molar-refractivity contribution is 0.0696. The molecule has 0 amide bonds. The maximum atomic E-state index is 10.5. The van der Waals surface area contributed by atoms with Gasteiger partial charge in [-0.15, -0.1) is 0 Å². The zero-order valence-electron chi connectivity index (χ0n) is 7.73. The van der Waals surface area contributed by atoms with E-state index in [1.165, 1.54) is 12.3 Å². The molecular weight excluding hydrogens is 182 g/mol. The lowest BCUT2D eigenvalue weighted by Crippen LogP contribution is -2.09. The molecule has 76 valence electrons. The molecule has 0 aliphatic rings. The monoisotopic (exact) mass is 195 g/mol. The van der Waals surface area contributed by atoms with Crippen molar-refractivity contribution in [3.05, 3.63) is 23.9 Å². The summed E-state index contributed by atoms with van der Waals surface area (Å²) < 4.78 is 0. The van der Waals surface area contributed by atoms with Crippen molar-refractivity contribution >= 4 is 11.8 Å². The molecule has 0 fully saturated rings. The molecule has 1 heterocycles. The Morgan fingerprint density at radius 3 is 2.86 bits per heavy atom. The number of pyridine rings is 1. The molecule has 4 N–H and O–H groups in total. The highest BCUT2D eigenvalue weighted by atomic mass is 16.4. The van der Waals surface area contributed by atoms with Gasteiger partial charge in [-0.2, -0.15) is 0 Å². The topological polar surface area (TPSA) is 88.2 Å². The largest absolute Gasteiger partial charge is 0.478 e. The van der Waals surface area contributed by atoms with Gasteiger partial charge in [0, 0.05) is 12.7 Å². The first-order valence-corrected chi connectivity index (χ1v) is 4.37. The van der Waals surface area contributed by atoms with Crippen molar-refractivity contribution in [1.29, 1.82) is 0 Å². The number of nitrogens with one attached hydrogen (secondary N) is 1. The van der Waals surface area contributed by atoms with E-state index < -0.39 is 5.97 Å². The van der Waals surface area contributed by atoms with E-state index >= 15 is 0 Å². The predicted octanol–water partition coefficient (Wildman–Crippen LogP) is 0.540. The second kappa shape index (κ2) is 5.18. The second-order valence-electron chi connectivity index (χ2n) is 2.81. The molecule has 0 atom stereocenters. The molecule has 1 aromatic rings. The Morgan fingerprint density at radius 1 is 1.57 bits per heavy atom. The van der Waals surface area contributed by atoms with Crippen LogP contribution in [0, 0.1) is 0 Å². The number of hydrogen-bond donors (Lipinski definition) is 3. The van der Waals surface area contributed by atoms with Crippen LogP contribution < -0.4 is 11.1 Å². The number of rotatable bonds is 5. The smallest absolute Gasteiger partial charge is 0.337 e. The third-order valence-corrected chi connectivity index (χ3v) is 1.70. The number of carbonyl (C=O) groups is 1. The summed E-state index contributed by atoms with van der Waals surface area (Å²) in [6.07, 6.45) is 2.19. The van der Waals surface area contributed by atoms with Gasteiger partial charge in [-0.3, -0.25) is 0 Å². The first-order chi connectivity index (χ1) is 6.74. The minimum absolute atomic E-state index is 0.189. The molecule has 5 nitrogen and oxygen atoms in total.